The van der Waals surface area contributed by atoms with Gasteiger partial charge in [0.25, 0.3) is 0 Å². The monoisotopic (exact) mass is 257 g/mol. The molecular weight excluding hydrogens is 234 g/mol. The number of methoxy groups -OCH3 is 1. The summed E-state index contributed by atoms with van der Waals surface area (Å²) >= 11 is 0. The summed E-state index contributed by atoms with van der Waals surface area (Å²) in [5, 5.41) is 13.3. The Morgan fingerprint density at radius 3 is 2.72 bits per heavy atom. The van der Waals surface area contributed by atoms with Crippen molar-refractivity contribution in [1.82, 2.24) is 5.32 Å². The van der Waals surface area contributed by atoms with Gasteiger partial charge >= 0.3 is 5.97 Å². The molecule has 5 heteroatoms. The maximum atomic E-state index is 11.3. The number of carbonyl (C=O) groups is 1. The second-order valence-electron chi connectivity index (χ2n) is 4.54. The molecule has 1 heterocycles. The summed E-state index contributed by atoms with van der Waals surface area (Å²) in [6.07, 6.45) is 3.77. The SMILES string of the molecule is CCC(=CCNCC1(O)CCOCC1)C(=O)OC. The summed E-state index contributed by atoms with van der Waals surface area (Å²) in [6.45, 7) is 4.20. The van der Waals surface area contributed by atoms with Crippen LogP contribution in [0.25, 0.3) is 0 Å². The minimum atomic E-state index is -0.677. The van der Waals surface area contributed by atoms with E-state index in [-0.39, 0.29) is 5.97 Å². The standard InChI is InChI=1S/C13H23NO4/c1-3-11(12(15)17-2)4-7-14-10-13(16)5-8-18-9-6-13/h4,14,16H,3,5-10H2,1-2H3. The number of ether oxygens (including phenoxy) is 2. The van der Waals surface area contributed by atoms with Crippen LogP contribution in [0.15, 0.2) is 11.6 Å². The van der Waals surface area contributed by atoms with Crippen LogP contribution >= 0.6 is 0 Å². The van der Waals surface area contributed by atoms with Crippen LogP contribution in [0.4, 0.5) is 0 Å². The molecule has 104 valence electrons. The van der Waals surface area contributed by atoms with Crippen LogP contribution < -0.4 is 5.32 Å². The fourth-order valence-electron chi connectivity index (χ4n) is 1.93. The molecule has 1 aliphatic heterocycles. The molecule has 1 saturated heterocycles. The van der Waals surface area contributed by atoms with Crippen LogP contribution in [0, 0.1) is 0 Å². The molecule has 0 bridgehead atoms. The van der Waals surface area contributed by atoms with E-state index in [2.05, 4.69) is 10.1 Å². The van der Waals surface area contributed by atoms with Crippen molar-refractivity contribution in [2.24, 2.45) is 0 Å². The molecule has 0 aromatic carbocycles. The van der Waals surface area contributed by atoms with Crippen LogP contribution in [0.2, 0.25) is 0 Å². The Bertz CT molecular complexity index is 295. The summed E-state index contributed by atoms with van der Waals surface area (Å²) in [7, 11) is 1.38. The van der Waals surface area contributed by atoms with Gasteiger partial charge < -0.3 is 19.9 Å². The number of nitrogens with one attached hydrogen (secondary N) is 1. The van der Waals surface area contributed by atoms with Gasteiger partial charge in [-0.05, 0) is 6.42 Å². The fourth-order valence-corrected chi connectivity index (χ4v) is 1.93. The number of carbonyl (C=O) groups excluding carboxylic acids is 1. The Balaban J connectivity index is 2.32. The van der Waals surface area contributed by atoms with Crippen molar-refractivity contribution in [1.29, 1.82) is 0 Å². The first-order chi connectivity index (χ1) is 8.61. The first kappa shape index (κ1) is 15.1. The topological polar surface area (TPSA) is 67.8 Å². The Hall–Kier alpha value is -0.910. The molecule has 1 rings (SSSR count). The average Bonchev–Trinajstić information content (AvgIpc) is 2.39. The molecule has 18 heavy (non-hydrogen) atoms. The molecule has 0 amide bonds. The van der Waals surface area contributed by atoms with Crippen molar-refractivity contribution < 1.29 is 19.4 Å². The number of esters is 1. The second kappa shape index (κ2) is 7.51. The molecule has 0 aromatic heterocycles. The lowest BCUT2D eigenvalue weighted by molar-refractivity contribution is -0.136. The first-order valence-electron chi connectivity index (χ1n) is 6.39. The van der Waals surface area contributed by atoms with E-state index < -0.39 is 5.60 Å². The normalized spacial score (nSPS) is 19.6. The lowest BCUT2D eigenvalue weighted by atomic mass is 9.94. The average molecular weight is 257 g/mol. The molecule has 1 aliphatic rings. The van der Waals surface area contributed by atoms with Gasteiger partial charge in [0.05, 0.1) is 12.7 Å². The Labute approximate surface area is 108 Å². The van der Waals surface area contributed by atoms with Crippen molar-refractivity contribution in [3.8, 4) is 0 Å². The minimum absolute atomic E-state index is 0.288. The molecule has 0 aliphatic carbocycles. The van der Waals surface area contributed by atoms with Crippen molar-refractivity contribution in [3.05, 3.63) is 11.6 Å². The van der Waals surface area contributed by atoms with E-state index in [1.165, 1.54) is 7.11 Å². The van der Waals surface area contributed by atoms with Gasteiger partial charge in [-0.25, -0.2) is 4.79 Å². The van der Waals surface area contributed by atoms with E-state index in [9.17, 15) is 9.90 Å². The van der Waals surface area contributed by atoms with Crippen LogP contribution in [-0.2, 0) is 14.3 Å². The summed E-state index contributed by atoms with van der Waals surface area (Å²) in [5.41, 5.74) is -0.0204. The highest BCUT2D eigenvalue weighted by Crippen LogP contribution is 2.19. The lowest BCUT2D eigenvalue weighted by Crippen LogP contribution is -2.45. The Kier molecular flexibility index (Phi) is 6.32. The van der Waals surface area contributed by atoms with Gasteiger partial charge in [-0.15, -0.1) is 0 Å². The first-order valence-corrected chi connectivity index (χ1v) is 6.39. The number of hydrogen-bond donors (Lipinski definition) is 2. The number of aliphatic hydroxyl groups is 1. The predicted molar refractivity (Wildman–Crippen MR) is 68.3 cm³/mol. The zero-order chi connectivity index (χ0) is 13.4. The van der Waals surface area contributed by atoms with E-state index in [4.69, 9.17) is 4.74 Å². The van der Waals surface area contributed by atoms with E-state index in [0.717, 1.165) is 0 Å². The van der Waals surface area contributed by atoms with Gasteiger partial charge in [-0.3, -0.25) is 0 Å². The van der Waals surface area contributed by atoms with Gasteiger partial charge in [0.15, 0.2) is 0 Å². The molecule has 0 atom stereocenters. The van der Waals surface area contributed by atoms with Crippen LogP contribution in [-0.4, -0.2) is 50.1 Å². The Morgan fingerprint density at radius 2 is 2.17 bits per heavy atom. The molecule has 2 N–H and O–H groups in total. The molecule has 0 saturated carbocycles. The fraction of sp³-hybridized carbons (Fsp3) is 0.769. The maximum Gasteiger partial charge on any atom is 0.333 e. The van der Waals surface area contributed by atoms with Crippen molar-refractivity contribution in [2.45, 2.75) is 31.8 Å². The summed E-state index contributed by atoms with van der Waals surface area (Å²) < 4.78 is 9.88. The van der Waals surface area contributed by atoms with Crippen LogP contribution in [0.3, 0.4) is 0 Å². The van der Waals surface area contributed by atoms with Gasteiger partial charge in [-0.2, -0.15) is 0 Å². The highest BCUT2D eigenvalue weighted by molar-refractivity contribution is 5.88. The van der Waals surface area contributed by atoms with E-state index >= 15 is 0 Å². The third kappa shape index (κ3) is 4.76. The zero-order valence-corrected chi connectivity index (χ0v) is 11.2. The molecule has 1 fully saturated rings. The smallest absolute Gasteiger partial charge is 0.333 e. The highest BCUT2D eigenvalue weighted by Gasteiger charge is 2.28. The summed E-state index contributed by atoms with van der Waals surface area (Å²) in [6, 6.07) is 0. The largest absolute Gasteiger partial charge is 0.466 e. The molecule has 0 aromatic rings. The van der Waals surface area contributed by atoms with Crippen molar-refractivity contribution in [2.75, 3.05) is 33.4 Å². The van der Waals surface area contributed by atoms with Gasteiger partial charge in [0.2, 0.25) is 0 Å². The van der Waals surface area contributed by atoms with Crippen LogP contribution in [0.1, 0.15) is 26.2 Å². The quantitative estimate of drug-likeness (QED) is 0.415. The van der Waals surface area contributed by atoms with Crippen LogP contribution in [0.5, 0.6) is 0 Å². The number of hydrogen-bond acceptors (Lipinski definition) is 5. The highest BCUT2D eigenvalue weighted by atomic mass is 16.5. The number of rotatable bonds is 6. The van der Waals surface area contributed by atoms with E-state index in [0.29, 0.717) is 51.1 Å². The minimum Gasteiger partial charge on any atom is -0.466 e. The second-order valence-corrected chi connectivity index (χ2v) is 4.54. The molecule has 5 nitrogen and oxygen atoms in total. The predicted octanol–water partition coefficient (Wildman–Crippen LogP) is 0.627. The third-order valence-electron chi connectivity index (χ3n) is 3.20. The van der Waals surface area contributed by atoms with Gasteiger partial charge in [0.1, 0.15) is 0 Å². The molecule has 0 spiro atoms. The van der Waals surface area contributed by atoms with Gasteiger partial charge in [0, 0.05) is 44.7 Å². The van der Waals surface area contributed by atoms with E-state index in [1.807, 2.05) is 13.0 Å². The van der Waals surface area contributed by atoms with E-state index in [1.54, 1.807) is 0 Å². The lowest BCUT2D eigenvalue weighted by Gasteiger charge is -2.32. The van der Waals surface area contributed by atoms with Gasteiger partial charge in [-0.1, -0.05) is 13.0 Å². The molecule has 0 unspecified atom stereocenters. The third-order valence-corrected chi connectivity index (χ3v) is 3.20. The molecule has 0 radical (unpaired) electrons. The summed E-state index contributed by atoms with van der Waals surface area (Å²) in [5.74, 6) is -0.288. The zero-order valence-electron chi connectivity index (χ0n) is 11.2. The van der Waals surface area contributed by atoms with Crippen molar-refractivity contribution in [3.63, 3.8) is 0 Å². The maximum absolute atomic E-state index is 11.3. The van der Waals surface area contributed by atoms with Crippen molar-refractivity contribution >= 4 is 5.97 Å². The summed E-state index contributed by atoms with van der Waals surface area (Å²) in [4.78, 5) is 11.3. The Morgan fingerprint density at radius 1 is 1.50 bits per heavy atom. The molecular formula is C13H23NO4.